The first kappa shape index (κ1) is 11.1. The number of esters is 1. The zero-order chi connectivity index (χ0) is 10.7. The third-order valence-corrected chi connectivity index (χ3v) is 2.47. The summed E-state index contributed by atoms with van der Waals surface area (Å²) in [5, 5.41) is 0. The number of carbonyl (C=O) groups excluding carboxylic acids is 1. The first-order valence-corrected chi connectivity index (χ1v) is 4.64. The summed E-state index contributed by atoms with van der Waals surface area (Å²) in [5.41, 5.74) is 5.92. The van der Waals surface area contributed by atoms with Crippen LogP contribution in [0.1, 0.15) is 11.6 Å². The Morgan fingerprint density at radius 2 is 2.29 bits per heavy atom. The highest BCUT2D eigenvalue weighted by atomic mass is 79.9. The Kier molecular flexibility index (Phi) is 3.60. The lowest BCUT2D eigenvalue weighted by Crippen LogP contribution is -2.23. The first-order chi connectivity index (χ1) is 6.56. The summed E-state index contributed by atoms with van der Waals surface area (Å²) in [6, 6.07) is 3.00. The van der Waals surface area contributed by atoms with Gasteiger partial charge in [0, 0.05) is 4.47 Å². The van der Waals surface area contributed by atoms with Gasteiger partial charge in [0.25, 0.3) is 0 Å². The molecule has 0 aliphatic heterocycles. The van der Waals surface area contributed by atoms with Gasteiger partial charge in [-0.2, -0.15) is 0 Å². The van der Waals surface area contributed by atoms with Crippen LogP contribution in [0.25, 0.3) is 0 Å². The van der Waals surface area contributed by atoms with Crippen LogP contribution in [-0.4, -0.2) is 13.1 Å². The van der Waals surface area contributed by atoms with Crippen LogP contribution in [0.4, 0.5) is 4.39 Å². The molecule has 3 nitrogen and oxygen atoms in total. The number of methoxy groups -OCH3 is 1. The third-order valence-electron chi connectivity index (χ3n) is 1.75. The lowest BCUT2D eigenvalue weighted by atomic mass is 10.1. The number of hydrogen-bond donors (Lipinski definition) is 1. The van der Waals surface area contributed by atoms with E-state index < -0.39 is 17.8 Å². The number of nitrogens with two attached hydrogens (primary N) is 1. The Morgan fingerprint density at radius 1 is 1.64 bits per heavy atom. The molecule has 0 bridgehead atoms. The van der Waals surface area contributed by atoms with Crippen molar-refractivity contribution in [2.24, 2.45) is 5.73 Å². The van der Waals surface area contributed by atoms with Crippen LogP contribution in [0, 0.1) is 5.82 Å². The second-order valence-corrected chi connectivity index (χ2v) is 3.52. The van der Waals surface area contributed by atoms with Crippen LogP contribution >= 0.6 is 15.9 Å². The molecule has 2 N–H and O–H groups in total. The highest BCUT2D eigenvalue weighted by Crippen LogP contribution is 2.23. The Labute approximate surface area is 89.2 Å². The molecule has 1 atom stereocenters. The average molecular weight is 262 g/mol. The van der Waals surface area contributed by atoms with Gasteiger partial charge in [0.15, 0.2) is 0 Å². The Morgan fingerprint density at radius 3 is 2.86 bits per heavy atom. The van der Waals surface area contributed by atoms with Gasteiger partial charge < -0.3 is 10.5 Å². The summed E-state index contributed by atoms with van der Waals surface area (Å²) in [5.74, 6) is -1.04. The molecule has 0 aromatic heterocycles. The number of carbonyl (C=O) groups is 1. The minimum atomic E-state index is -0.968. The molecule has 0 saturated heterocycles. The molecule has 0 amide bonds. The standard InChI is InChI=1S/C9H9BrFNO2/c1-14-9(13)8(12)6-4-5(11)2-3-7(6)10/h2-4,8H,12H2,1H3. The monoisotopic (exact) mass is 261 g/mol. The van der Waals surface area contributed by atoms with E-state index in [9.17, 15) is 9.18 Å². The van der Waals surface area contributed by atoms with Gasteiger partial charge in [-0.25, -0.2) is 4.39 Å². The zero-order valence-electron chi connectivity index (χ0n) is 7.46. The topological polar surface area (TPSA) is 52.3 Å². The van der Waals surface area contributed by atoms with E-state index in [2.05, 4.69) is 20.7 Å². The lowest BCUT2D eigenvalue weighted by molar-refractivity contribution is -0.142. The second-order valence-electron chi connectivity index (χ2n) is 2.67. The van der Waals surface area contributed by atoms with Crippen LogP contribution in [-0.2, 0) is 9.53 Å². The van der Waals surface area contributed by atoms with Crippen molar-refractivity contribution in [2.75, 3.05) is 7.11 Å². The van der Waals surface area contributed by atoms with E-state index in [1.54, 1.807) is 0 Å². The normalized spacial score (nSPS) is 12.3. The van der Waals surface area contributed by atoms with E-state index in [0.717, 1.165) is 0 Å². The zero-order valence-corrected chi connectivity index (χ0v) is 9.05. The fourth-order valence-corrected chi connectivity index (χ4v) is 1.50. The quantitative estimate of drug-likeness (QED) is 0.826. The van der Waals surface area contributed by atoms with Gasteiger partial charge >= 0.3 is 5.97 Å². The van der Waals surface area contributed by atoms with E-state index in [0.29, 0.717) is 10.0 Å². The molecule has 0 fully saturated rings. The van der Waals surface area contributed by atoms with Crippen molar-refractivity contribution in [3.8, 4) is 0 Å². The van der Waals surface area contributed by atoms with Crippen LogP contribution in [0.5, 0.6) is 0 Å². The highest BCUT2D eigenvalue weighted by Gasteiger charge is 2.19. The molecule has 76 valence electrons. The predicted molar refractivity (Wildman–Crippen MR) is 53.0 cm³/mol. The smallest absolute Gasteiger partial charge is 0.327 e. The predicted octanol–water partition coefficient (Wildman–Crippen LogP) is 1.76. The number of ether oxygens (including phenoxy) is 1. The van der Waals surface area contributed by atoms with Gasteiger partial charge in [-0.05, 0) is 23.8 Å². The lowest BCUT2D eigenvalue weighted by Gasteiger charge is -2.11. The SMILES string of the molecule is COC(=O)C(N)c1cc(F)ccc1Br. The third kappa shape index (κ3) is 2.30. The van der Waals surface area contributed by atoms with E-state index in [4.69, 9.17) is 5.73 Å². The Hall–Kier alpha value is -0.940. The summed E-state index contributed by atoms with van der Waals surface area (Å²) in [7, 11) is 1.23. The van der Waals surface area contributed by atoms with Crippen molar-refractivity contribution >= 4 is 21.9 Å². The number of hydrogen-bond acceptors (Lipinski definition) is 3. The van der Waals surface area contributed by atoms with Crippen molar-refractivity contribution in [3.05, 3.63) is 34.1 Å². The maximum absolute atomic E-state index is 12.8. The van der Waals surface area contributed by atoms with Crippen molar-refractivity contribution < 1.29 is 13.9 Å². The molecule has 0 aliphatic rings. The molecule has 1 rings (SSSR count). The summed E-state index contributed by atoms with van der Waals surface area (Å²) in [6.07, 6.45) is 0. The highest BCUT2D eigenvalue weighted by molar-refractivity contribution is 9.10. The second kappa shape index (κ2) is 4.52. The van der Waals surface area contributed by atoms with E-state index in [-0.39, 0.29) is 0 Å². The van der Waals surface area contributed by atoms with Crippen molar-refractivity contribution in [3.63, 3.8) is 0 Å². The minimum absolute atomic E-state index is 0.372. The molecule has 14 heavy (non-hydrogen) atoms. The van der Waals surface area contributed by atoms with E-state index >= 15 is 0 Å². The minimum Gasteiger partial charge on any atom is -0.468 e. The molecule has 5 heteroatoms. The van der Waals surface area contributed by atoms with Gasteiger partial charge in [0.05, 0.1) is 7.11 Å². The molecule has 0 radical (unpaired) electrons. The molecule has 1 aromatic rings. The average Bonchev–Trinajstić information content (AvgIpc) is 2.19. The molecule has 0 saturated carbocycles. The molecule has 1 unspecified atom stereocenters. The first-order valence-electron chi connectivity index (χ1n) is 3.84. The van der Waals surface area contributed by atoms with E-state index in [1.807, 2.05) is 0 Å². The summed E-state index contributed by atoms with van der Waals surface area (Å²) >= 11 is 3.17. The maximum atomic E-state index is 12.8. The van der Waals surface area contributed by atoms with Crippen molar-refractivity contribution in [1.82, 2.24) is 0 Å². The molecular weight excluding hydrogens is 253 g/mol. The Balaban J connectivity index is 3.05. The number of rotatable bonds is 2. The summed E-state index contributed by atoms with van der Waals surface area (Å²) in [4.78, 5) is 11.1. The summed E-state index contributed by atoms with van der Waals surface area (Å²) in [6.45, 7) is 0. The Bertz CT molecular complexity index is 357. The maximum Gasteiger partial charge on any atom is 0.327 e. The summed E-state index contributed by atoms with van der Waals surface area (Å²) < 4.78 is 17.9. The fraction of sp³-hybridized carbons (Fsp3) is 0.222. The van der Waals surface area contributed by atoms with Crippen LogP contribution in [0.15, 0.2) is 22.7 Å². The largest absolute Gasteiger partial charge is 0.468 e. The van der Waals surface area contributed by atoms with Gasteiger partial charge in [-0.15, -0.1) is 0 Å². The molecule has 0 aliphatic carbocycles. The molecule has 1 aromatic carbocycles. The van der Waals surface area contributed by atoms with Crippen molar-refractivity contribution in [2.45, 2.75) is 6.04 Å². The van der Waals surface area contributed by atoms with Gasteiger partial charge in [0.2, 0.25) is 0 Å². The van der Waals surface area contributed by atoms with Crippen LogP contribution < -0.4 is 5.73 Å². The number of benzene rings is 1. The molecule has 0 heterocycles. The molecule has 0 spiro atoms. The van der Waals surface area contributed by atoms with E-state index in [1.165, 1.54) is 25.3 Å². The van der Waals surface area contributed by atoms with Gasteiger partial charge in [-0.1, -0.05) is 15.9 Å². The van der Waals surface area contributed by atoms with Crippen LogP contribution in [0.3, 0.4) is 0 Å². The van der Waals surface area contributed by atoms with Gasteiger partial charge in [0.1, 0.15) is 11.9 Å². The fourth-order valence-electron chi connectivity index (χ4n) is 1.01. The van der Waals surface area contributed by atoms with Gasteiger partial charge in [-0.3, -0.25) is 4.79 Å². The molecular formula is C9H9BrFNO2. The van der Waals surface area contributed by atoms with Crippen LogP contribution in [0.2, 0.25) is 0 Å². The number of halogens is 2. The van der Waals surface area contributed by atoms with Crippen molar-refractivity contribution in [1.29, 1.82) is 0 Å².